The predicted molar refractivity (Wildman–Crippen MR) is 40.9 cm³/mol. The van der Waals surface area contributed by atoms with Crippen LogP contribution in [0.15, 0.2) is 0 Å². The van der Waals surface area contributed by atoms with E-state index in [-0.39, 0.29) is 13.3 Å². The third kappa shape index (κ3) is 2.38. The molecule has 0 unspecified atom stereocenters. The van der Waals surface area contributed by atoms with Crippen LogP contribution in [0.5, 0.6) is 0 Å². The molecule has 0 radical (unpaired) electrons. The fraction of sp³-hybridized carbons (Fsp3) is 0.875. The molecular formula is C8H16O2. The number of hydrogen-bond acceptors (Lipinski definition) is 1. The van der Waals surface area contributed by atoms with Gasteiger partial charge in [-0.15, -0.1) is 0 Å². The molecule has 1 aliphatic rings. The number of rotatable bonds is 1. The summed E-state index contributed by atoms with van der Waals surface area (Å²) < 4.78 is 0. The molecular weight excluding hydrogens is 128 g/mol. The van der Waals surface area contributed by atoms with Crippen molar-refractivity contribution in [3.05, 3.63) is 0 Å². The van der Waals surface area contributed by atoms with Gasteiger partial charge >= 0.3 is 5.97 Å². The Balaban J connectivity index is 0.000000810. The van der Waals surface area contributed by atoms with Gasteiger partial charge in [-0.3, -0.25) is 4.79 Å². The molecule has 0 spiro atoms. The molecule has 1 saturated carbocycles. The lowest BCUT2D eigenvalue weighted by molar-refractivity contribution is -0.142. The second-order valence-corrected chi connectivity index (χ2v) is 2.67. The van der Waals surface area contributed by atoms with Crippen molar-refractivity contribution in [1.29, 1.82) is 0 Å². The van der Waals surface area contributed by atoms with Gasteiger partial charge in [0.05, 0.1) is 5.92 Å². The Labute approximate surface area is 62.2 Å². The number of carbonyl (C=O) groups is 1. The largest absolute Gasteiger partial charge is 0.481 e. The second kappa shape index (κ2) is 4.31. The molecule has 0 atom stereocenters. The Hall–Kier alpha value is -0.530. The fourth-order valence-electron chi connectivity index (χ4n) is 1.35. The van der Waals surface area contributed by atoms with Gasteiger partial charge < -0.3 is 5.11 Å². The Kier molecular flexibility index (Phi) is 4.08. The first-order chi connectivity index (χ1) is 4.30. The van der Waals surface area contributed by atoms with E-state index < -0.39 is 5.97 Å². The number of carboxylic acids is 1. The molecule has 0 aromatic heterocycles. The van der Waals surface area contributed by atoms with E-state index in [4.69, 9.17) is 5.11 Å². The van der Waals surface area contributed by atoms with Gasteiger partial charge in [-0.05, 0) is 12.8 Å². The molecule has 0 bridgehead atoms. The van der Waals surface area contributed by atoms with E-state index in [9.17, 15) is 4.79 Å². The van der Waals surface area contributed by atoms with Gasteiger partial charge in [0, 0.05) is 0 Å². The van der Waals surface area contributed by atoms with E-state index in [1.807, 2.05) is 0 Å². The SMILES string of the molecule is C.O=C(O)C1CCCCC1. The minimum atomic E-state index is -0.602. The zero-order valence-corrected chi connectivity index (χ0v) is 5.47. The van der Waals surface area contributed by atoms with E-state index in [0.29, 0.717) is 0 Å². The first-order valence-corrected chi connectivity index (χ1v) is 3.53. The van der Waals surface area contributed by atoms with Gasteiger partial charge in [0.1, 0.15) is 0 Å². The molecule has 0 aromatic rings. The highest BCUT2D eigenvalue weighted by atomic mass is 16.4. The van der Waals surface area contributed by atoms with E-state index in [2.05, 4.69) is 0 Å². The van der Waals surface area contributed by atoms with Crippen molar-refractivity contribution >= 4 is 5.97 Å². The maximum atomic E-state index is 10.4. The fourth-order valence-corrected chi connectivity index (χ4v) is 1.35. The molecule has 0 saturated heterocycles. The molecule has 1 aliphatic carbocycles. The molecule has 0 heterocycles. The zero-order valence-electron chi connectivity index (χ0n) is 5.47. The van der Waals surface area contributed by atoms with Crippen molar-refractivity contribution in [3.63, 3.8) is 0 Å². The van der Waals surface area contributed by atoms with Gasteiger partial charge in [-0.1, -0.05) is 26.7 Å². The Morgan fingerprint density at radius 3 is 2.00 bits per heavy atom. The number of carboxylic acid groups (broad SMARTS) is 1. The number of hydrogen-bond donors (Lipinski definition) is 1. The van der Waals surface area contributed by atoms with Crippen LogP contribution in [0.1, 0.15) is 39.5 Å². The van der Waals surface area contributed by atoms with Crippen molar-refractivity contribution in [2.75, 3.05) is 0 Å². The predicted octanol–water partition coefficient (Wildman–Crippen LogP) is 2.29. The van der Waals surface area contributed by atoms with Gasteiger partial charge in [0.2, 0.25) is 0 Å². The lowest BCUT2D eigenvalue weighted by atomic mass is 9.90. The van der Waals surface area contributed by atoms with Crippen LogP contribution in [-0.4, -0.2) is 11.1 Å². The van der Waals surface area contributed by atoms with Crippen molar-refractivity contribution < 1.29 is 9.90 Å². The quantitative estimate of drug-likeness (QED) is 0.613. The molecule has 1 rings (SSSR count). The van der Waals surface area contributed by atoms with Crippen LogP contribution >= 0.6 is 0 Å². The Morgan fingerprint density at radius 2 is 1.70 bits per heavy atom. The molecule has 0 amide bonds. The van der Waals surface area contributed by atoms with E-state index >= 15 is 0 Å². The lowest BCUT2D eigenvalue weighted by Crippen LogP contribution is -2.16. The summed E-state index contributed by atoms with van der Waals surface area (Å²) in [5.41, 5.74) is 0. The third-order valence-corrected chi connectivity index (χ3v) is 1.95. The normalized spacial score (nSPS) is 19.6. The lowest BCUT2D eigenvalue weighted by Gasteiger charge is -2.16. The summed E-state index contributed by atoms with van der Waals surface area (Å²) in [5, 5.41) is 8.54. The van der Waals surface area contributed by atoms with Crippen LogP contribution in [0.3, 0.4) is 0 Å². The summed E-state index contributed by atoms with van der Waals surface area (Å²) in [5.74, 6) is -0.631. The smallest absolute Gasteiger partial charge is 0.306 e. The van der Waals surface area contributed by atoms with Gasteiger partial charge in [0.25, 0.3) is 0 Å². The molecule has 1 fully saturated rings. The first-order valence-electron chi connectivity index (χ1n) is 3.53. The molecule has 2 nitrogen and oxygen atoms in total. The summed E-state index contributed by atoms with van der Waals surface area (Å²) in [7, 11) is 0. The topological polar surface area (TPSA) is 37.3 Å². The molecule has 60 valence electrons. The summed E-state index contributed by atoms with van der Waals surface area (Å²) >= 11 is 0. The monoisotopic (exact) mass is 144 g/mol. The van der Waals surface area contributed by atoms with Crippen LogP contribution in [0.25, 0.3) is 0 Å². The van der Waals surface area contributed by atoms with Gasteiger partial charge in [-0.25, -0.2) is 0 Å². The Bertz CT molecular complexity index is 104. The molecule has 0 aliphatic heterocycles. The minimum Gasteiger partial charge on any atom is -0.481 e. The standard InChI is InChI=1S/C7H12O2.CH4/c8-7(9)6-4-2-1-3-5-6;/h6H,1-5H2,(H,8,9);1H4. The van der Waals surface area contributed by atoms with Gasteiger partial charge in [-0.2, -0.15) is 0 Å². The number of aliphatic carboxylic acids is 1. The first kappa shape index (κ1) is 9.47. The van der Waals surface area contributed by atoms with Crippen molar-refractivity contribution in [1.82, 2.24) is 0 Å². The second-order valence-electron chi connectivity index (χ2n) is 2.67. The average Bonchev–Trinajstić information content (AvgIpc) is 1.90. The van der Waals surface area contributed by atoms with E-state index in [1.165, 1.54) is 6.42 Å². The third-order valence-electron chi connectivity index (χ3n) is 1.95. The molecule has 10 heavy (non-hydrogen) atoms. The molecule has 0 aromatic carbocycles. The van der Waals surface area contributed by atoms with Crippen LogP contribution in [0.4, 0.5) is 0 Å². The highest BCUT2D eigenvalue weighted by Gasteiger charge is 2.19. The summed E-state index contributed by atoms with van der Waals surface area (Å²) in [6, 6.07) is 0. The van der Waals surface area contributed by atoms with Crippen molar-refractivity contribution in [2.45, 2.75) is 39.5 Å². The zero-order chi connectivity index (χ0) is 6.69. The van der Waals surface area contributed by atoms with Gasteiger partial charge in [0.15, 0.2) is 0 Å². The van der Waals surface area contributed by atoms with Crippen LogP contribution < -0.4 is 0 Å². The van der Waals surface area contributed by atoms with Crippen LogP contribution in [0, 0.1) is 5.92 Å². The summed E-state index contributed by atoms with van der Waals surface area (Å²) in [6.07, 6.45) is 5.24. The van der Waals surface area contributed by atoms with Crippen molar-refractivity contribution in [2.24, 2.45) is 5.92 Å². The molecule has 2 heteroatoms. The molecule has 1 N–H and O–H groups in total. The average molecular weight is 144 g/mol. The van der Waals surface area contributed by atoms with Crippen LogP contribution in [0.2, 0.25) is 0 Å². The summed E-state index contributed by atoms with van der Waals surface area (Å²) in [6.45, 7) is 0. The van der Waals surface area contributed by atoms with Crippen LogP contribution in [-0.2, 0) is 4.79 Å². The highest BCUT2D eigenvalue weighted by molar-refractivity contribution is 5.69. The van der Waals surface area contributed by atoms with E-state index in [1.54, 1.807) is 0 Å². The highest BCUT2D eigenvalue weighted by Crippen LogP contribution is 2.23. The maximum Gasteiger partial charge on any atom is 0.306 e. The summed E-state index contributed by atoms with van der Waals surface area (Å²) in [4.78, 5) is 10.4. The minimum absolute atomic E-state index is 0. The Morgan fingerprint density at radius 1 is 1.20 bits per heavy atom. The van der Waals surface area contributed by atoms with Crippen molar-refractivity contribution in [3.8, 4) is 0 Å². The maximum absolute atomic E-state index is 10.4. The van der Waals surface area contributed by atoms with E-state index in [0.717, 1.165) is 25.7 Å².